The second kappa shape index (κ2) is 7.47. The molecule has 1 unspecified atom stereocenters. The molecule has 2 aromatic carbocycles. The van der Waals surface area contributed by atoms with Crippen LogP contribution in [0.4, 0.5) is 5.69 Å². The van der Waals surface area contributed by atoms with Gasteiger partial charge in [-0.1, -0.05) is 44.5 Å². The minimum absolute atomic E-state index is 0.132. The minimum atomic E-state index is -0.320. The van der Waals surface area contributed by atoms with E-state index in [9.17, 15) is 5.26 Å². The van der Waals surface area contributed by atoms with Gasteiger partial charge in [0, 0.05) is 5.56 Å². The molecule has 0 bridgehead atoms. The van der Waals surface area contributed by atoms with Gasteiger partial charge in [0.15, 0.2) is 0 Å². The summed E-state index contributed by atoms with van der Waals surface area (Å²) >= 11 is 0. The Labute approximate surface area is 166 Å². The quantitative estimate of drug-likeness (QED) is 0.759. The molecule has 1 aliphatic rings. The van der Waals surface area contributed by atoms with Gasteiger partial charge in [-0.3, -0.25) is 0 Å². The largest absolute Gasteiger partial charge is 0.491 e. The summed E-state index contributed by atoms with van der Waals surface area (Å²) in [5.74, 6) is 1.13. The summed E-state index contributed by atoms with van der Waals surface area (Å²) in [7, 11) is 0. The first-order valence-corrected chi connectivity index (χ1v) is 9.40. The van der Waals surface area contributed by atoms with Crippen LogP contribution in [0.5, 0.6) is 11.5 Å². The molecule has 0 saturated heterocycles. The summed E-state index contributed by atoms with van der Waals surface area (Å²) in [5, 5.41) is 9.68. The van der Waals surface area contributed by atoms with Crippen LogP contribution in [-0.4, -0.2) is 6.61 Å². The molecule has 1 aliphatic heterocycles. The summed E-state index contributed by atoms with van der Waals surface area (Å²) in [6.45, 7) is 9.13. The Balaban J connectivity index is 1.95. The van der Waals surface area contributed by atoms with Crippen LogP contribution in [0.2, 0.25) is 0 Å². The summed E-state index contributed by atoms with van der Waals surface area (Å²) in [6, 6.07) is 13.7. The van der Waals surface area contributed by atoms with Gasteiger partial charge < -0.3 is 20.9 Å². The van der Waals surface area contributed by atoms with E-state index in [2.05, 4.69) is 26.8 Å². The lowest BCUT2D eigenvalue weighted by Gasteiger charge is -2.27. The van der Waals surface area contributed by atoms with E-state index in [-0.39, 0.29) is 17.2 Å². The summed E-state index contributed by atoms with van der Waals surface area (Å²) in [5.41, 5.74) is 16.3. The van der Waals surface area contributed by atoms with Crippen molar-refractivity contribution in [2.75, 3.05) is 12.3 Å². The van der Waals surface area contributed by atoms with E-state index in [1.54, 1.807) is 0 Å². The zero-order valence-corrected chi connectivity index (χ0v) is 16.9. The zero-order chi connectivity index (χ0) is 20.5. The van der Waals surface area contributed by atoms with Gasteiger partial charge in [0.05, 0.1) is 18.2 Å². The van der Waals surface area contributed by atoms with E-state index in [1.165, 1.54) is 0 Å². The number of anilines is 1. The van der Waals surface area contributed by atoms with Gasteiger partial charge in [-0.15, -0.1) is 0 Å². The molecule has 4 N–H and O–H groups in total. The van der Waals surface area contributed by atoms with E-state index in [4.69, 9.17) is 20.9 Å². The predicted octanol–water partition coefficient (Wildman–Crippen LogP) is 4.61. The molecule has 1 heterocycles. The fourth-order valence-electron chi connectivity index (χ4n) is 3.27. The third-order valence-electron chi connectivity index (χ3n) is 4.85. The molecule has 5 nitrogen and oxygen atoms in total. The van der Waals surface area contributed by atoms with Crippen LogP contribution in [0.1, 0.15) is 49.8 Å². The molecule has 0 amide bonds. The summed E-state index contributed by atoms with van der Waals surface area (Å²) in [4.78, 5) is 0. The lowest BCUT2D eigenvalue weighted by atomic mass is 9.83. The molecule has 3 rings (SSSR count). The third-order valence-corrected chi connectivity index (χ3v) is 4.85. The van der Waals surface area contributed by atoms with Crippen molar-refractivity contribution in [3.63, 3.8) is 0 Å². The molecule has 28 heavy (non-hydrogen) atoms. The van der Waals surface area contributed by atoms with Crippen molar-refractivity contribution in [1.29, 1.82) is 5.26 Å². The van der Waals surface area contributed by atoms with E-state index in [1.807, 2.05) is 43.3 Å². The topological polar surface area (TPSA) is 94.3 Å². The lowest BCUT2D eigenvalue weighted by molar-refractivity contribution is 0.244. The Kier molecular flexibility index (Phi) is 5.24. The molecular formula is C23H27N3O2. The number of hydrogen-bond donors (Lipinski definition) is 2. The van der Waals surface area contributed by atoms with Crippen molar-refractivity contribution in [3.8, 4) is 17.6 Å². The standard InChI is InChI=1S/C23H27N3O2/c1-14-5-7-19-16(11-14)21(17(13-24)22(26)28-19)15-6-8-20(18(25)12-15)27-10-9-23(2,3)4/h5-8,11-12,21H,9-10,25-26H2,1-4H3. The fourth-order valence-corrected chi connectivity index (χ4v) is 3.27. The molecule has 0 radical (unpaired) electrons. The maximum Gasteiger partial charge on any atom is 0.205 e. The fraction of sp³-hybridized carbons (Fsp3) is 0.348. The lowest BCUT2D eigenvalue weighted by Crippen LogP contribution is -2.21. The van der Waals surface area contributed by atoms with Gasteiger partial charge in [0.2, 0.25) is 5.88 Å². The number of hydrogen-bond acceptors (Lipinski definition) is 5. The smallest absolute Gasteiger partial charge is 0.205 e. The highest BCUT2D eigenvalue weighted by molar-refractivity contribution is 5.61. The Morgan fingerprint density at radius 1 is 1.14 bits per heavy atom. The number of fused-ring (bicyclic) bond motifs is 1. The molecule has 146 valence electrons. The molecule has 2 aromatic rings. The number of rotatable bonds is 4. The molecular weight excluding hydrogens is 350 g/mol. The molecule has 0 fully saturated rings. The Morgan fingerprint density at radius 3 is 2.54 bits per heavy atom. The van der Waals surface area contributed by atoms with Gasteiger partial charge in [-0.25, -0.2) is 0 Å². The Morgan fingerprint density at radius 2 is 1.89 bits per heavy atom. The normalized spacial score (nSPS) is 16.2. The molecule has 0 spiro atoms. The highest BCUT2D eigenvalue weighted by Crippen LogP contribution is 2.43. The molecule has 5 heteroatoms. The van der Waals surface area contributed by atoms with E-state index in [0.29, 0.717) is 29.4 Å². The number of nitrogen functional groups attached to an aromatic ring is 1. The van der Waals surface area contributed by atoms with E-state index < -0.39 is 0 Å². The number of nitrogens with zero attached hydrogens (tertiary/aromatic N) is 1. The number of nitriles is 1. The number of aryl methyl sites for hydroxylation is 1. The van der Waals surface area contributed by atoms with E-state index in [0.717, 1.165) is 23.1 Å². The Hall–Kier alpha value is -3.13. The summed E-state index contributed by atoms with van der Waals surface area (Å²) < 4.78 is 11.5. The Bertz CT molecular complexity index is 965. The minimum Gasteiger partial charge on any atom is -0.491 e. The van der Waals surface area contributed by atoms with Crippen LogP contribution >= 0.6 is 0 Å². The van der Waals surface area contributed by atoms with E-state index >= 15 is 0 Å². The predicted molar refractivity (Wildman–Crippen MR) is 111 cm³/mol. The van der Waals surface area contributed by atoms with Gasteiger partial charge in [-0.05, 0) is 42.5 Å². The SMILES string of the molecule is Cc1ccc2c(c1)C(c1ccc(OCCC(C)(C)C)c(N)c1)C(C#N)=C(N)O2. The van der Waals surface area contributed by atoms with Crippen LogP contribution in [-0.2, 0) is 0 Å². The van der Waals surface area contributed by atoms with Gasteiger partial charge in [0.1, 0.15) is 23.1 Å². The van der Waals surface area contributed by atoms with Crippen molar-refractivity contribution in [2.45, 2.75) is 40.0 Å². The molecule has 1 atom stereocenters. The third kappa shape index (κ3) is 4.07. The van der Waals surface area contributed by atoms with Crippen LogP contribution in [0.25, 0.3) is 0 Å². The maximum absolute atomic E-state index is 9.68. The van der Waals surface area contributed by atoms with Crippen molar-refractivity contribution in [3.05, 3.63) is 64.5 Å². The monoisotopic (exact) mass is 377 g/mol. The molecule has 0 aromatic heterocycles. The van der Waals surface area contributed by atoms with Crippen LogP contribution < -0.4 is 20.9 Å². The summed E-state index contributed by atoms with van der Waals surface area (Å²) in [6.07, 6.45) is 0.929. The van der Waals surface area contributed by atoms with Crippen LogP contribution in [0, 0.1) is 23.7 Å². The average Bonchev–Trinajstić information content (AvgIpc) is 2.61. The maximum atomic E-state index is 9.68. The molecule has 0 aliphatic carbocycles. The first kappa shape index (κ1) is 19.6. The van der Waals surface area contributed by atoms with Crippen molar-refractivity contribution in [1.82, 2.24) is 0 Å². The number of benzene rings is 2. The highest BCUT2D eigenvalue weighted by Gasteiger charge is 2.31. The van der Waals surface area contributed by atoms with Crippen LogP contribution in [0.3, 0.4) is 0 Å². The first-order valence-electron chi connectivity index (χ1n) is 9.40. The van der Waals surface area contributed by atoms with Crippen molar-refractivity contribution in [2.24, 2.45) is 11.1 Å². The van der Waals surface area contributed by atoms with Crippen LogP contribution in [0.15, 0.2) is 47.9 Å². The molecule has 0 saturated carbocycles. The number of allylic oxidation sites excluding steroid dienone is 1. The zero-order valence-electron chi connectivity index (χ0n) is 16.9. The second-order valence-electron chi connectivity index (χ2n) is 8.42. The van der Waals surface area contributed by atoms with Gasteiger partial charge in [-0.2, -0.15) is 5.26 Å². The number of ether oxygens (including phenoxy) is 2. The average molecular weight is 377 g/mol. The van der Waals surface area contributed by atoms with Crippen molar-refractivity contribution >= 4 is 5.69 Å². The van der Waals surface area contributed by atoms with Gasteiger partial charge in [0.25, 0.3) is 0 Å². The number of nitrogens with two attached hydrogens (primary N) is 2. The van der Waals surface area contributed by atoms with Gasteiger partial charge >= 0.3 is 0 Å². The second-order valence-corrected chi connectivity index (χ2v) is 8.42. The first-order chi connectivity index (χ1) is 13.2. The highest BCUT2D eigenvalue weighted by atomic mass is 16.5. The van der Waals surface area contributed by atoms with Crippen molar-refractivity contribution < 1.29 is 9.47 Å².